The van der Waals surface area contributed by atoms with E-state index < -0.39 is 0 Å². The molecule has 7 nitrogen and oxygen atoms in total. The zero-order valence-electron chi connectivity index (χ0n) is 19.0. The lowest BCUT2D eigenvalue weighted by Gasteiger charge is -2.24. The van der Waals surface area contributed by atoms with Crippen LogP contribution in [0.25, 0.3) is 0 Å². The number of aromatic hydroxyl groups is 2. The first-order valence-electron chi connectivity index (χ1n) is 11.5. The van der Waals surface area contributed by atoms with Crippen molar-refractivity contribution in [2.24, 2.45) is 5.92 Å². The molecule has 2 aromatic carbocycles. The summed E-state index contributed by atoms with van der Waals surface area (Å²) in [6.07, 6.45) is 6.99. The van der Waals surface area contributed by atoms with Gasteiger partial charge >= 0.3 is 5.91 Å². The summed E-state index contributed by atoms with van der Waals surface area (Å²) in [6, 6.07) is 6.83. The molecule has 0 radical (unpaired) electrons. The number of carbonyl (C=O) groups excluding carboxylic acids is 2. The molecule has 1 aliphatic heterocycles. The van der Waals surface area contributed by atoms with Gasteiger partial charge in [-0.2, -0.15) is 0 Å². The number of nitrogens with zero attached hydrogens (tertiary/aromatic N) is 1. The predicted octanol–water partition coefficient (Wildman–Crippen LogP) is 3.43. The minimum absolute atomic E-state index is 0.0709. The number of hydrogen-bond donors (Lipinski definition) is 3. The van der Waals surface area contributed by atoms with Crippen LogP contribution >= 0.6 is 0 Å². The number of amides is 2. The number of carbonyl (C=O) groups is 2. The fraction of sp³-hybridized carbons (Fsp3) is 0.385. The smallest absolute Gasteiger partial charge is 0.339 e. The van der Waals surface area contributed by atoms with Crippen LogP contribution in [0.5, 0.6) is 17.2 Å². The molecule has 2 aliphatic rings. The van der Waals surface area contributed by atoms with Gasteiger partial charge in [-0.05, 0) is 37.3 Å². The van der Waals surface area contributed by atoms with Gasteiger partial charge in [-0.3, -0.25) is 4.79 Å². The van der Waals surface area contributed by atoms with Crippen LogP contribution < -0.4 is 10.1 Å². The predicted molar refractivity (Wildman–Crippen MR) is 123 cm³/mol. The zero-order chi connectivity index (χ0) is 23.5. The van der Waals surface area contributed by atoms with E-state index in [1.807, 2.05) is 18.2 Å². The number of hydrogen-bond acceptors (Lipinski definition) is 5. The summed E-state index contributed by atoms with van der Waals surface area (Å²) in [5.41, 5.74) is 3.12. The molecule has 1 fully saturated rings. The van der Waals surface area contributed by atoms with Gasteiger partial charge < -0.3 is 19.8 Å². The number of rotatable bonds is 6. The Morgan fingerprint density at radius 1 is 1.18 bits per heavy atom. The van der Waals surface area contributed by atoms with E-state index in [1.165, 1.54) is 36.7 Å². The topological polar surface area (TPSA) is 104 Å². The number of quaternary nitrogens is 1. The molecule has 4 rings (SSSR count). The number of primary amides is 1. The van der Waals surface area contributed by atoms with E-state index in [2.05, 4.69) is 6.58 Å². The molecule has 33 heavy (non-hydrogen) atoms. The van der Waals surface area contributed by atoms with Crippen molar-refractivity contribution in [3.63, 3.8) is 0 Å². The second kappa shape index (κ2) is 9.67. The van der Waals surface area contributed by atoms with Crippen LogP contribution in [0.4, 0.5) is 5.69 Å². The Hall–Kier alpha value is -3.32. The first-order chi connectivity index (χ1) is 15.9. The number of phenolic OH excluding ortho intramolecular Hbond substituents is 2. The fourth-order valence-corrected chi connectivity index (χ4v) is 4.77. The van der Waals surface area contributed by atoms with Crippen LogP contribution in [-0.4, -0.2) is 33.5 Å². The Morgan fingerprint density at radius 3 is 2.67 bits per heavy atom. The third-order valence-electron chi connectivity index (χ3n) is 6.69. The molecule has 174 valence electrons. The molecule has 0 atom stereocenters. The maximum absolute atomic E-state index is 13.6. The molecule has 2 aromatic rings. The second-order valence-electron chi connectivity index (χ2n) is 8.96. The fourth-order valence-electron chi connectivity index (χ4n) is 4.77. The van der Waals surface area contributed by atoms with Crippen LogP contribution in [0.1, 0.15) is 59.2 Å². The quantitative estimate of drug-likeness (QED) is 0.461. The normalized spacial score (nSPS) is 15.8. The van der Waals surface area contributed by atoms with Gasteiger partial charge in [-0.15, -0.1) is 0 Å². The number of phenols is 2. The minimum Gasteiger partial charge on any atom is -0.507 e. The minimum atomic E-state index is -0.369. The molecular weight excluding hydrogens is 420 g/mol. The highest BCUT2D eigenvalue weighted by Crippen LogP contribution is 2.40. The van der Waals surface area contributed by atoms with Gasteiger partial charge in [0.05, 0.1) is 13.2 Å². The van der Waals surface area contributed by atoms with E-state index in [1.54, 1.807) is 11.8 Å². The molecule has 0 aromatic heterocycles. The van der Waals surface area contributed by atoms with Crippen molar-refractivity contribution >= 4 is 17.5 Å². The molecule has 0 spiro atoms. The lowest BCUT2D eigenvalue weighted by Crippen LogP contribution is -2.82. The van der Waals surface area contributed by atoms with Gasteiger partial charge in [0.1, 0.15) is 28.5 Å². The molecule has 0 unspecified atom stereocenters. The average Bonchev–Trinajstić information content (AvgIpc) is 3.26. The molecule has 7 heteroatoms. The zero-order valence-corrected chi connectivity index (χ0v) is 19.0. The van der Waals surface area contributed by atoms with Gasteiger partial charge in [0.15, 0.2) is 0 Å². The Labute approximate surface area is 193 Å². The lowest BCUT2D eigenvalue weighted by atomic mass is 9.90. The molecular formula is C26H31N2O5+. The molecule has 1 aliphatic carbocycles. The van der Waals surface area contributed by atoms with Gasteiger partial charge in [-0.25, -0.2) is 10.1 Å². The van der Waals surface area contributed by atoms with Crippen LogP contribution in [0, 0.1) is 12.8 Å². The molecule has 1 saturated carbocycles. The third-order valence-corrected chi connectivity index (χ3v) is 6.69. The highest BCUT2D eigenvalue weighted by molar-refractivity contribution is 6.00. The maximum atomic E-state index is 13.6. The standard InChI is InChI=1S/C26H30N2O5/c1-3-23(31)27-20-11-7-10-18-13-28(14-19(18)20)26(32)24-22(30)12-21(29)16(2)25(24)33-15-17-8-5-4-6-9-17/h3,7,10-12,17,29-30H,1,4-6,8-9,13-15H2,2H3,(H,27,31)/p+1. The molecule has 0 bridgehead atoms. The summed E-state index contributed by atoms with van der Waals surface area (Å²) >= 11 is 0. The van der Waals surface area contributed by atoms with Crippen LogP contribution in [-0.2, 0) is 17.9 Å². The summed E-state index contributed by atoms with van der Waals surface area (Å²) in [4.78, 5) is 27.0. The van der Waals surface area contributed by atoms with Crippen molar-refractivity contribution in [2.75, 3.05) is 6.61 Å². The second-order valence-corrected chi connectivity index (χ2v) is 8.96. The summed E-state index contributed by atoms with van der Waals surface area (Å²) < 4.78 is 6.09. The van der Waals surface area contributed by atoms with E-state index in [0.29, 0.717) is 31.2 Å². The van der Waals surface area contributed by atoms with Crippen LogP contribution in [0.3, 0.4) is 0 Å². The van der Waals surface area contributed by atoms with Gasteiger partial charge in [-0.1, -0.05) is 38.0 Å². The maximum Gasteiger partial charge on any atom is 0.339 e. The number of benzene rings is 2. The molecule has 1 heterocycles. The third kappa shape index (κ3) is 4.73. The van der Waals surface area contributed by atoms with E-state index >= 15 is 0 Å². The summed E-state index contributed by atoms with van der Waals surface area (Å²) in [5.74, 6) is -0.321. The Kier molecular flexibility index (Phi) is 6.70. The largest absolute Gasteiger partial charge is 0.507 e. The number of nitrogens with two attached hydrogens (primary N) is 1. The van der Waals surface area contributed by atoms with Crippen molar-refractivity contribution in [3.05, 3.63) is 59.2 Å². The Balaban J connectivity index is 1.60. The number of fused-ring (bicyclic) bond motifs is 1. The van der Waals surface area contributed by atoms with E-state index in [0.717, 1.165) is 29.7 Å². The monoisotopic (exact) mass is 451 g/mol. The van der Waals surface area contributed by atoms with Crippen molar-refractivity contribution in [1.82, 2.24) is 4.90 Å². The molecule has 0 saturated heterocycles. The molecule has 4 N–H and O–H groups in total. The van der Waals surface area contributed by atoms with E-state index in [-0.39, 0.29) is 34.6 Å². The van der Waals surface area contributed by atoms with Gasteiger partial charge in [0.25, 0.3) is 5.91 Å². The van der Waals surface area contributed by atoms with E-state index in [9.17, 15) is 19.8 Å². The van der Waals surface area contributed by atoms with Gasteiger partial charge in [0, 0.05) is 29.8 Å². The number of ether oxygens (including phenoxy) is 1. The van der Waals surface area contributed by atoms with Crippen molar-refractivity contribution in [2.45, 2.75) is 52.1 Å². The first kappa shape index (κ1) is 22.9. The highest BCUT2D eigenvalue weighted by Gasteiger charge is 2.32. The summed E-state index contributed by atoms with van der Waals surface area (Å²) in [6.45, 7) is 6.32. The summed E-state index contributed by atoms with van der Waals surface area (Å²) in [7, 11) is 0. The molecule has 2 amide bonds. The van der Waals surface area contributed by atoms with Crippen LogP contribution in [0.15, 0.2) is 36.9 Å². The van der Waals surface area contributed by atoms with Gasteiger partial charge in [0.2, 0.25) is 0 Å². The average molecular weight is 452 g/mol. The van der Waals surface area contributed by atoms with Crippen molar-refractivity contribution < 1.29 is 29.9 Å². The Morgan fingerprint density at radius 2 is 1.94 bits per heavy atom. The van der Waals surface area contributed by atoms with Crippen molar-refractivity contribution in [1.29, 1.82) is 0 Å². The van der Waals surface area contributed by atoms with Crippen LogP contribution in [0.2, 0.25) is 0 Å². The summed E-state index contributed by atoms with van der Waals surface area (Å²) in [5, 5.41) is 22.4. The van der Waals surface area contributed by atoms with E-state index in [4.69, 9.17) is 4.74 Å². The lowest BCUT2D eigenvalue weighted by molar-refractivity contribution is -0.478. The highest BCUT2D eigenvalue weighted by atomic mass is 16.5. The SMILES string of the molecule is C=CC(=O)[NH2+]c1cccc2c1CN(C(=O)c1c(O)cc(O)c(C)c1OCC1CCCCC1)C2. The first-order valence-corrected chi connectivity index (χ1v) is 11.5. The van der Waals surface area contributed by atoms with Crippen molar-refractivity contribution in [3.8, 4) is 17.2 Å². The Bertz CT molecular complexity index is 1090.